The Morgan fingerprint density at radius 3 is 2.12 bits per heavy atom. The normalized spacial score (nSPS) is 11.8. The summed E-state index contributed by atoms with van der Waals surface area (Å²) >= 11 is 0. The fourth-order valence-corrected chi connectivity index (χ4v) is 3.96. The summed E-state index contributed by atoms with van der Waals surface area (Å²) in [4.78, 5) is 12.9. The van der Waals surface area contributed by atoms with Gasteiger partial charge in [-0.2, -0.15) is 5.10 Å². The highest BCUT2D eigenvalue weighted by molar-refractivity contribution is 5.92. The summed E-state index contributed by atoms with van der Waals surface area (Å²) < 4.78 is 1.87. The van der Waals surface area contributed by atoms with Crippen molar-refractivity contribution in [2.24, 2.45) is 0 Å². The van der Waals surface area contributed by atoms with Crippen LogP contribution in [0.4, 0.5) is 5.69 Å². The minimum Gasteiger partial charge on any atom is -0.328 e. The van der Waals surface area contributed by atoms with Gasteiger partial charge in [0.1, 0.15) is 6.04 Å². The molecule has 162 valence electrons. The first-order valence-electron chi connectivity index (χ1n) is 10.9. The SMILES string of the molecule is Cc1ccc([C@H]([NH2+]CC(=O)Nc2c(C)nn(-c3ccccc3)c2C)c2ccccc2)cc1. The number of nitrogens with two attached hydrogens (primary N) is 1. The number of benzene rings is 3. The van der Waals surface area contributed by atoms with Gasteiger partial charge in [-0.25, -0.2) is 4.68 Å². The summed E-state index contributed by atoms with van der Waals surface area (Å²) in [5, 5.41) is 9.79. The van der Waals surface area contributed by atoms with Gasteiger partial charge in [0.05, 0.1) is 22.8 Å². The number of hydrogen-bond acceptors (Lipinski definition) is 2. The third-order valence-corrected chi connectivity index (χ3v) is 5.69. The lowest BCUT2D eigenvalue weighted by atomic mass is 9.98. The molecule has 0 bridgehead atoms. The fourth-order valence-electron chi connectivity index (χ4n) is 3.96. The molecule has 1 aromatic heterocycles. The Balaban J connectivity index is 1.50. The van der Waals surface area contributed by atoms with Crippen LogP contribution in [0.5, 0.6) is 0 Å². The van der Waals surface area contributed by atoms with E-state index >= 15 is 0 Å². The van der Waals surface area contributed by atoms with Gasteiger partial charge < -0.3 is 10.6 Å². The van der Waals surface area contributed by atoms with E-state index in [0.29, 0.717) is 6.54 Å². The Labute approximate surface area is 189 Å². The van der Waals surface area contributed by atoms with Gasteiger partial charge in [-0.3, -0.25) is 4.79 Å². The Kier molecular flexibility index (Phi) is 6.47. The smallest absolute Gasteiger partial charge is 0.279 e. The predicted molar refractivity (Wildman–Crippen MR) is 128 cm³/mol. The lowest BCUT2D eigenvalue weighted by molar-refractivity contribution is -0.676. The molecule has 1 amide bonds. The highest BCUT2D eigenvalue weighted by Crippen LogP contribution is 2.23. The van der Waals surface area contributed by atoms with E-state index in [1.807, 2.05) is 67.1 Å². The second-order valence-corrected chi connectivity index (χ2v) is 8.08. The zero-order chi connectivity index (χ0) is 22.5. The molecule has 0 radical (unpaired) electrons. The van der Waals surface area contributed by atoms with Crippen molar-refractivity contribution in [1.82, 2.24) is 9.78 Å². The number of nitrogens with one attached hydrogen (secondary N) is 1. The Bertz CT molecular complexity index is 1180. The Morgan fingerprint density at radius 2 is 1.47 bits per heavy atom. The van der Waals surface area contributed by atoms with E-state index in [1.165, 1.54) is 16.7 Å². The van der Waals surface area contributed by atoms with Gasteiger partial charge in [-0.15, -0.1) is 0 Å². The van der Waals surface area contributed by atoms with Gasteiger partial charge in [-0.05, 0) is 32.9 Å². The van der Waals surface area contributed by atoms with E-state index in [0.717, 1.165) is 22.8 Å². The van der Waals surface area contributed by atoms with Crippen LogP contribution in [0.1, 0.15) is 34.1 Å². The quantitative estimate of drug-likeness (QED) is 0.468. The summed E-state index contributed by atoms with van der Waals surface area (Å²) in [5.74, 6) is -0.0446. The molecule has 0 saturated heterocycles. The number of carbonyl (C=O) groups is 1. The third kappa shape index (κ3) is 4.79. The minimum atomic E-state index is -0.0446. The number of para-hydroxylation sites is 1. The van der Waals surface area contributed by atoms with Crippen LogP contribution in [0.3, 0.4) is 0 Å². The molecular weight excluding hydrogens is 396 g/mol. The van der Waals surface area contributed by atoms with Crippen LogP contribution < -0.4 is 10.6 Å². The topological polar surface area (TPSA) is 63.5 Å². The van der Waals surface area contributed by atoms with E-state index in [9.17, 15) is 4.79 Å². The Morgan fingerprint density at radius 1 is 0.875 bits per heavy atom. The van der Waals surface area contributed by atoms with Gasteiger partial charge in [-0.1, -0.05) is 78.4 Å². The molecule has 0 aliphatic rings. The molecule has 5 heteroatoms. The first kappa shape index (κ1) is 21.5. The molecule has 1 heterocycles. The zero-order valence-electron chi connectivity index (χ0n) is 18.7. The average Bonchev–Trinajstić information content (AvgIpc) is 3.10. The first-order valence-corrected chi connectivity index (χ1v) is 10.9. The molecular formula is C27H29N4O+. The van der Waals surface area contributed by atoms with Crippen LogP contribution in [0.15, 0.2) is 84.9 Å². The summed E-state index contributed by atoms with van der Waals surface area (Å²) in [6, 6.07) is 28.8. The lowest BCUT2D eigenvalue weighted by Gasteiger charge is -2.17. The molecule has 32 heavy (non-hydrogen) atoms. The molecule has 1 atom stereocenters. The van der Waals surface area contributed by atoms with Crippen molar-refractivity contribution in [3.05, 3.63) is 113 Å². The van der Waals surface area contributed by atoms with E-state index in [4.69, 9.17) is 0 Å². The monoisotopic (exact) mass is 425 g/mol. The number of amides is 1. The standard InChI is InChI=1S/C27H28N4O/c1-19-14-16-23(17-15-19)27(22-10-6-4-7-11-22)28-18-25(32)29-26-20(2)30-31(21(26)3)24-12-8-5-9-13-24/h4-17,27-28H,18H2,1-3H3,(H,29,32)/p+1/t27-/m1/s1. The van der Waals surface area contributed by atoms with Crippen molar-refractivity contribution in [2.75, 3.05) is 11.9 Å². The highest BCUT2D eigenvalue weighted by atomic mass is 16.1. The van der Waals surface area contributed by atoms with Crippen LogP contribution >= 0.6 is 0 Å². The number of aryl methyl sites for hydroxylation is 2. The van der Waals surface area contributed by atoms with Gasteiger partial charge in [0.25, 0.3) is 5.91 Å². The molecule has 0 fully saturated rings. The number of rotatable bonds is 7. The van der Waals surface area contributed by atoms with E-state index in [2.05, 4.69) is 59.1 Å². The average molecular weight is 426 g/mol. The van der Waals surface area contributed by atoms with E-state index in [1.54, 1.807) is 0 Å². The second kappa shape index (κ2) is 9.62. The maximum atomic E-state index is 12.9. The largest absolute Gasteiger partial charge is 0.328 e. The van der Waals surface area contributed by atoms with Gasteiger partial charge in [0.2, 0.25) is 0 Å². The van der Waals surface area contributed by atoms with Crippen LogP contribution in [0.2, 0.25) is 0 Å². The number of hydrogen-bond donors (Lipinski definition) is 2. The molecule has 4 aromatic rings. The van der Waals surface area contributed by atoms with Crippen LogP contribution in [-0.2, 0) is 4.79 Å². The molecule has 3 N–H and O–H groups in total. The summed E-state index contributed by atoms with van der Waals surface area (Å²) in [6.07, 6.45) is 0. The minimum absolute atomic E-state index is 0.0446. The van der Waals surface area contributed by atoms with E-state index < -0.39 is 0 Å². The number of aromatic nitrogens is 2. The lowest BCUT2D eigenvalue weighted by Crippen LogP contribution is -2.87. The van der Waals surface area contributed by atoms with Crippen molar-refractivity contribution in [1.29, 1.82) is 0 Å². The van der Waals surface area contributed by atoms with Crippen molar-refractivity contribution in [2.45, 2.75) is 26.8 Å². The molecule has 0 spiro atoms. The zero-order valence-corrected chi connectivity index (χ0v) is 18.7. The predicted octanol–water partition coefficient (Wildman–Crippen LogP) is 4.09. The van der Waals surface area contributed by atoms with Gasteiger partial charge >= 0.3 is 0 Å². The fraction of sp³-hybridized carbons (Fsp3) is 0.185. The van der Waals surface area contributed by atoms with Crippen molar-refractivity contribution < 1.29 is 10.1 Å². The molecule has 0 aliphatic heterocycles. The molecule has 0 saturated carbocycles. The number of quaternary nitrogens is 1. The van der Waals surface area contributed by atoms with Crippen molar-refractivity contribution in [3.8, 4) is 5.69 Å². The Hall–Kier alpha value is -3.70. The molecule has 4 rings (SSSR count). The molecule has 5 nitrogen and oxygen atoms in total. The van der Waals surface area contributed by atoms with Crippen molar-refractivity contribution >= 4 is 11.6 Å². The number of carbonyl (C=O) groups excluding carboxylic acids is 1. The summed E-state index contributed by atoms with van der Waals surface area (Å²) in [5.41, 5.74) is 7.05. The van der Waals surface area contributed by atoms with E-state index in [-0.39, 0.29) is 11.9 Å². The molecule has 0 aliphatic carbocycles. The number of anilines is 1. The highest BCUT2D eigenvalue weighted by Gasteiger charge is 2.20. The summed E-state index contributed by atoms with van der Waals surface area (Å²) in [6.45, 7) is 6.29. The maximum absolute atomic E-state index is 12.9. The molecule has 0 unspecified atom stereocenters. The van der Waals surface area contributed by atoms with Crippen LogP contribution in [0, 0.1) is 20.8 Å². The second-order valence-electron chi connectivity index (χ2n) is 8.08. The first-order chi connectivity index (χ1) is 15.5. The molecule has 3 aromatic carbocycles. The van der Waals surface area contributed by atoms with Crippen molar-refractivity contribution in [3.63, 3.8) is 0 Å². The summed E-state index contributed by atoms with van der Waals surface area (Å²) in [7, 11) is 0. The van der Waals surface area contributed by atoms with Crippen LogP contribution in [0.25, 0.3) is 5.69 Å². The number of nitrogens with zero attached hydrogens (tertiary/aromatic N) is 2. The van der Waals surface area contributed by atoms with Gasteiger partial charge in [0.15, 0.2) is 6.54 Å². The van der Waals surface area contributed by atoms with Crippen LogP contribution in [-0.4, -0.2) is 22.2 Å². The maximum Gasteiger partial charge on any atom is 0.279 e. The third-order valence-electron chi connectivity index (χ3n) is 5.69. The van der Waals surface area contributed by atoms with Gasteiger partial charge in [0, 0.05) is 11.1 Å².